The van der Waals surface area contributed by atoms with Crippen LogP contribution in [0.1, 0.15) is 52.5 Å². The number of nitrogens with two attached hydrogens (primary N) is 2. The molecule has 0 aliphatic carbocycles. The molecule has 28 heavy (non-hydrogen) atoms. The number of aliphatic imine (C=N–C) groups is 1. The summed E-state index contributed by atoms with van der Waals surface area (Å²) in [5.74, 6) is -1.47. The molecule has 0 bridgehead atoms. The molecule has 0 fully saturated rings. The van der Waals surface area contributed by atoms with E-state index in [1.165, 1.54) is 0 Å². The topological polar surface area (TPSA) is 147 Å². The number of carbonyl (C=O) groups excluding carboxylic acids is 2. The number of aliphatic carboxylic acids is 1. The summed E-state index contributed by atoms with van der Waals surface area (Å²) < 4.78 is 0. The molecule has 1 aromatic carbocycles. The third-order valence-corrected chi connectivity index (χ3v) is 5.22. The van der Waals surface area contributed by atoms with E-state index in [4.69, 9.17) is 11.5 Å². The number of benzene rings is 1. The van der Waals surface area contributed by atoms with E-state index in [0.29, 0.717) is 28.7 Å². The van der Waals surface area contributed by atoms with Gasteiger partial charge in [0.05, 0.1) is 5.69 Å². The Balaban J connectivity index is 1.81. The first-order valence-electron chi connectivity index (χ1n) is 8.97. The Bertz CT molecular complexity index is 831. The predicted molar refractivity (Wildman–Crippen MR) is 107 cm³/mol. The molecule has 0 saturated carbocycles. The highest BCUT2D eigenvalue weighted by Crippen LogP contribution is 2.26. The van der Waals surface area contributed by atoms with Gasteiger partial charge < -0.3 is 26.7 Å². The summed E-state index contributed by atoms with van der Waals surface area (Å²) in [5.41, 5.74) is 12.2. The van der Waals surface area contributed by atoms with Gasteiger partial charge in [-0.05, 0) is 37.7 Å². The highest BCUT2D eigenvalue weighted by atomic mass is 32.1. The van der Waals surface area contributed by atoms with Crippen molar-refractivity contribution < 1.29 is 14.7 Å². The molecular weight excluding hydrogens is 378 g/mol. The van der Waals surface area contributed by atoms with Crippen molar-refractivity contribution in [3.05, 3.63) is 46.5 Å². The zero-order chi connectivity index (χ0) is 20.5. The first-order chi connectivity index (χ1) is 13.4. The first-order valence-corrected chi connectivity index (χ1v) is 9.78. The molecule has 0 aliphatic rings. The molecular formula is C19H24N5O3S-. The van der Waals surface area contributed by atoms with E-state index in [0.717, 1.165) is 29.7 Å². The van der Waals surface area contributed by atoms with Crippen LogP contribution in [0.15, 0.2) is 35.3 Å². The highest BCUT2D eigenvalue weighted by Gasteiger charge is 2.15. The minimum absolute atomic E-state index is 0.00992. The van der Waals surface area contributed by atoms with Crippen LogP contribution in [0.5, 0.6) is 0 Å². The second-order valence-electron chi connectivity index (χ2n) is 6.38. The number of amides is 1. The Hall–Kier alpha value is -2.94. The molecule has 0 aliphatic heterocycles. The highest BCUT2D eigenvalue weighted by molar-refractivity contribution is 7.17. The van der Waals surface area contributed by atoms with Crippen LogP contribution in [0.3, 0.4) is 0 Å². The maximum atomic E-state index is 12.3. The van der Waals surface area contributed by atoms with Crippen LogP contribution in [0, 0.1) is 6.92 Å². The van der Waals surface area contributed by atoms with E-state index >= 15 is 0 Å². The van der Waals surface area contributed by atoms with E-state index in [1.54, 1.807) is 6.92 Å². The normalized spacial score (nSPS) is 11.6. The van der Waals surface area contributed by atoms with Crippen LogP contribution in [-0.2, 0) is 4.79 Å². The molecule has 8 nitrogen and oxygen atoms in total. The third kappa shape index (κ3) is 6.66. The monoisotopic (exact) mass is 402 g/mol. The lowest BCUT2D eigenvalue weighted by molar-refractivity contribution is -0.306. The number of carbonyl (C=O) groups is 2. The zero-order valence-corrected chi connectivity index (χ0v) is 16.5. The zero-order valence-electron chi connectivity index (χ0n) is 15.7. The molecule has 5 N–H and O–H groups in total. The molecule has 1 aromatic heterocycles. The van der Waals surface area contributed by atoms with Gasteiger partial charge in [-0.3, -0.25) is 4.79 Å². The second-order valence-corrected chi connectivity index (χ2v) is 7.36. The lowest BCUT2D eigenvalue weighted by atomic mass is 9.90. The van der Waals surface area contributed by atoms with Gasteiger partial charge in [-0.25, -0.2) is 4.98 Å². The van der Waals surface area contributed by atoms with Gasteiger partial charge >= 0.3 is 0 Å². The van der Waals surface area contributed by atoms with Gasteiger partial charge in [-0.15, -0.1) is 0 Å². The van der Waals surface area contributed by atoms with E-state index in [2.05, 4.69) is 15.3 Å². The number of thiazole rings is 1. The molecule has 150 valence electrons. The maximum absolute atomic E-state index is 12.3. The molecule has 1 heterocycles. The summed E-state index contributed by atoms with van der Waals surface area (Å²) in [6.07, 6.45) is 2.22. The number of aromatic nitrogens is 1. The van der Waals surface area contributed by atoms with Crippen LogP contribution >= 0.6 is 11.3 Å². The van der Waals surface area contributed by atoms with E-state index in [-0.39, 0.29) is 24.2 Å². The van der Waals surface area contributed by atoms with Crippen molar-refractivity contribution in [2.75, 3.05) is 6.54 Å². The van der Waals surface area contributed by atoms with Crippen molar-refractivity contribution in [1.29, 1.82) is 0 Å². The van der Waals surface area contributed by atoms with E-state index in [1.807, 2.05) is 30.3 Å². The fourth-order valence-corrected chi connectivity index (χ4v) is 3.74. The van der Waals surface area contributed by atoms with Gasteiger partial charge in [0.1, 0.15) is 4.88 Å². The summed E-state index contributed by atoms with van der Waals surface area (Å²) in [4.78, 5) is 31.8. The number of guanidine groups is 1. The maximum Gasteiger partial charge on any atom is 0.263 e. The quantitative estimate of drug-likeness (QED) is 0.309. The predicted octanol–water partition coefficient (Wildman–Crippen LogP) is 1.18. The molecule has 1 atom stereocenters. The second kappa shape index (κ2) is 10.4. The fourth-order valence-electron chi connectivity index (χ4n) is 2.86. The Labute approximate surface area is 167 Å². The Morgan fingerprint density at radius 3 is 2.61 bits per heavy atom. The fraction of sp³-hybridized carbons (Fsp3) is 0.368. The lowest BCUT2D eigenvalue weighted by Crippen LogP contribution is -2.25. The molecule has 2 rings (SSSR count). The summed E-state index contributed by atoms with van der Waals surface area (Å²) in [5, 5.41) is 14.2. The number of hydrogen-bond donors (Lipinski definition) is 3. The molecule has 1 amide bonds. The molecule has 1 unspecified atom stereocenters. The summed E-state index contributed by atoms with van der Waals surface area (Å²) in [6, 6.07) is 9.54. The summed E-state index contributed by atoms with van der Waals surface area (Å²) >= 11 is 1.13. The lowest BCUT2D eigenvalue weighted by Gasteiger charge is -2.18. The molecule has 0 radical (unpaired) electrons. The summed E-state index contributed by atoms with van der Waals surface area (Å²) in [7, 11) is 0. The molecule has 0 saturated heterocycles. The number of aryl methyl sites for hydroxylation is 1. The van der Waals surface area contributed by atoms with Crippen LogP contribution < -0.4 is 21.9 Å². The number of unbranched alkanes of at least 4 members (excludes halogenated alkanes) is 1. The van der Waals surface area contributed by atoms with E-state index in [9.17, 15) is 14.7 Å². The van der Waals surface area contributed by atoms with Crippen LogP contribution in [0.25, 0.3) is 0 Å². The average molecular weight is 403 g/mol. The van der Waals surface area contributed by atoms with Gasteiger partial charge in [0, 0.05) is 12.5 Å². The van der Waals surface area contributed by atoms with Gasteiger partial charge in [-0.1, -0.05) is 48.1 Å². The van der Waals surface area contributed by atoms with Gasteiger partial charge in [0.25, 0.3) is 5.91 Å². The Morgan fingerprint density at radius 2 is 1.96 bits per heavy atom. The smallest absolute Gasteiger partial charge is 0.263 e. The largest absolute Gasteiger partial charge is 0.550 e. The van der Waals surface area contributed by atoms with Crippen molar-refractivity contribution in [1.82, 2.24) is 10.3 Å². The third-order valence-electron chi connectivity index (χ3n) is 4.17. The SMILES string of the molecule is Cc1nc(N=C(N)N)sc1C(=O)NCCCCC(CC(=O)[O-])c1ccccc1. The number of nitrogens with one attached hydrogen (secondary N) is 1. The standard InChI is InChI=1S/C19H25N5O3S/c1-12-16(28-19(23-12)24-18(20)21)17(27)22-10-6-5-9-14(11-15(25)26)13-7-3-2-4-8-13/h2-4,7-8,14H,5-6,9-11H2,1H3,(H,22,27)(H,25,26)(H4,20,21,23,24)/p-1. The van der Waals surface area contributed by atoms with E-state index < -0.39 is 5.97 Å². The number of nitrogens with zero attached hydrogens (tertiary/aromatic N) is 2. The van der Waals surface area contributed by atoms with Crippen molar-refractivity contribution >= 4 is 34.3 Å². The van der Waals surface area contributed by atoms with Gasteiger partial charge in [0.15, 0.2) is 5.96 Å². The minimum Gasteiger partial charge on any atom is -0.550 e. The molecule has 2 aromatic rings. The average Bonchev–Trinajstić information content (AvgIpc) is 3.00. The number of carboxylic acids is 1. The van der Waals surface area contributed by atoms with Crippen LogP contribution in [0.4, 0.5) is 5.13 Å². The first kappa shape index (κ1) is 21.4. The van der Waals surface area contributed by atoms with Gasteiger partial charge in [0.2, 0.25) is 5.13 Å². The number of carboxylic acid groups (broad SMARTS) is 1. The van der Waals surface area contributed by atoms with Crippen molar-refractivity contribution in [2.24, 2.45) is 16.5 Å². The summed E-state index contributed by atoms with van der Waals surface area (Å²) in [6.45, 7) is 2.21. The Morgan fingerprint density at radius 1 is 1.25 bits per heavy atom. The molecule has 0 spiro atoms. The van der Waals surface area contributed by atoms with Crippen LogP contribution in [0.2, 0.25) is 0 Å². The molecule has 9 heteroatoms. The van der Waals surface area contributed by atoms with Crippen molar-refractivity contribution in [3.63, 3.8) is 0 Å². The van der Waals surface area contributed by atoms with Crippen molar-refractivity contribution in [3.8, 4) is 0 Å². The van der Waals surface area contributed by atoms with Crippen molar-refractivity contribution in [2.45, 2.75) is 38.5 Å². The number of rotatable bonds is 10. The Kier molecular flexibility index (Phi) is 7.94. The number of hydrogen-bond acceptors (Lipinski definition) is 6. The minimum atomic E-state index is -1.06. The van der Waals surface area contributed by atoms with Gasteiger partial charge in [-0.2, -0.15) is 4.99 Å². The van der Waals surface area contributed by atoms with Crippen LogP contribution in [-0.4, -0.2) is 29.4 Å².